The normalized spacial score (nSPS) is 21.9. The van der Waals surface area contributed by atoms with Gasteiger partial charge in [0.1, 0.15) is 18.2 Å². The van der Waals surface area contributed by atoms with Crippen molar-refractivity contribution >= 4 is 24.2 Å². The minimum absolute atomic E-state index is 0.0595. The lowest BCUT2D eigenvalue weighted by Crippen LogP contribution is -2.70. The molecule has 2 amide bonds. The number of nitrogens with one attached hydrogen (secondary N) is 2. The predicted molar refractivity (Wildman–Crippen MR) is 67.2 cm³/mol. The van der Waals surface area contributed by atoms with Gasteiger partial charge in [-0.15, -0.1) is 0 Å². The summed E-state index contributed by atoms with van der Waals surface area (Å²) in [5, 5.41) is 16.4. The zero-order valence-corrected chi connectivity index (χ0v) is 11.4. The van der Waals surface area contributed by atoms with E-state index in [0.29, 0.717) is 6.21 Å². The molecule has 1 rings (SSSR count). The molecule has 0 saturated carbocycles. The van der Waals surface area contributed by atoms with Gasteiger partial charge in [-0.05, 0) is 20.8 Å². The number of oxime groups is 1. The smallest absolute Gasteiger partial charge is 0.408 e. The molecule has 1 heterocycles. The summed E-state index contributed by atoms with van der Waals surface area (Å²) in [5.41, 5.74) is -0.665. The van der Waals surface area contributed by atoms with E-state index in [1.165, 1.54) is 0 Å². The van der Waals surface area contributed by atoms with E-state index in [4.69, 9.17) is 14.7 Å². The Morgan fingerprint density at radius 2 is 2.15 bits per heavy atom. The molecular weight excluding hydrogens is 270 g/mol. The molecule has 112 valence electrons. The van der Waals surface area contributed by atoms with Crippen LogP contribution < -0.4 is 10.6 Å². The quantitative estimate of drug-likeness (QED) is 0.354. The fourth-order valence-electron chi connectivity index (χ4n) is 1.39. The maximum atomic E-state index is 11.5. The van der Waals surface area contributed by atoms with Crippen LogP contribution in [0, 0.1) is 0 Å². The number of carbonyl (C=O) groups is 3. The van der Waals surface area contributed by atoms with Gasteiger partial charge < -0.3 is 25.3 Å². The predicted octanol–water partition coefficient (Wildman–Crippen LogP) is -0.535. The molecule has 1 saturated heterocycles. The van der Waals surface area contributed by atoms with Crippen LogP contribution in [0.2, 0.25) is 0 Å². The van der Waals surface area contributed by atoms with E-state index in [1.807, 2.05) is 0 Å². The van der Waals surface area contributed by atoms with Crippen LogP contribution in [0.25, 0.3) is 0 Å². The first kappa shape index (κ1) is 15.7. The Morgan fingerprint density at radius 1 is 1.50 bits per heavy atom. The number of alkyl carbamates (subject to hydrolysis) is 1. The molecule has 0 radical (unpaired) electrons. The number of rotatable bonds is 5. The third-order valence-electron chi connectivity index (χ3n) is 2.18. The van der Waals surface area contributed by atoms with Crippen LogP contribution in [0.1, 0.15) is 20.8 Å². The van der Waals surface area contributed by atoms with Gasteiger partial charge in [-0.1, -0.05) is 5.16 Å². The molecule has 0 spiro atoms. The fourth-order valence-corrected chi connectivity index (χ4v) is 1.39. The fraction of sp³-hybridized carbons (Fsp3) is 0.636. The number of amides is 2. The summed E-state index contributed by atoms with van der Waals surface area (Å²) in [6.07, 6.45) is -0.132. The molecule has 2 atom stereocenters. The van der Waals surface area contributed by atoms with Crippen molar-refractivity contribution in [2.45, 2.75) is 38.5 Å². The average molecular weight is 287 g/mol. The number of aliphatic carboxylic acids is 1. The molecule has 0 aromatic heterocycles. The summed E-state index contributed by atoms with van der Waals surface area (Å²) in [6, 6.07) is -1.27. The summed E-state index contributed by atoms with van der Waals surface area (Å²) >= 11 is 0. The summed E-state index contributed by atoms with van der Waals surface area (Å²) in [7, 11) is 0. The van der Waals surface area contributed by atoms with Crippen LogP contribution in [-0.4, -0.2) is 53.6 Å². The van der Waals surface area contributed by atoms with Crippen molar-refractivity contribution in [1.29, 1.82) is 0 Å². The molecule has 0 bridgehead atoms. The van der Waals surface area contributed by atoms with Gasteiger partial charge >= 0.3 is 12.1 Å². The van der Waals surface area contributed by atoms with Crippen molar-refractivity contribution in [2.24, 2.45) is 5.16 Å². The van der Waals surface area contributed by atoms with Gasteiger partial charge in [-0.25, -0.2) is 9.59 Å². The summed E-state index contributed by atoms with van der Waals surface area (Å²) in [4.78, 5) is 37.7. The lowest BCUT2D eigenvalue weighted by molar-refractivity contribution is -0.134. The van der Waals surface area contributed by atoms with Gasteiger partial charge in [0.2, 0.25) is 5.91 Å². The molecule has 1 fully saturated rings. The molecule has 9 heteroatoms. The molecule has 1 aliphatic heterocycles. The van der Waals surface area contributed by atoms with Crippen molar-refractivity contribution < 1.29 is 29.1 Å². The number of ether oxygens (including phenoxy) is 1. The Hall–Kier alpha value is -2.32. The Bertz CT molecular complexity index is 428. The number of hydrogen-bond donors (Lipinski definition) is 3. The van der Waals surface area contributed by atoms with Crippen LogP contribution in [0.4, 0.5) is 4.79 Å². The number of carboxylic acids is 1. The maximum Gasteiger partial charge on any atom is 0.408 e. The molecule has 2 unspecified atom stereocenters. The van der Waals surface area contributed by atoms with Gasteiger partial charge in [0, 0.05) is 0 Å². The molecule has 1 aliphatic rings. The summed E-state index contributed by atoms with van der Waals surface area (Å²) < 4.78 is 5.02. The van der Waals surface area contributed by atoms with Crippen molar-refractivity contribution in [3.8, 4) is 0 Å². The van der Waals surface area contributed by atoms with Gasteiger partial charge in [0.15, 0.2) is 6.21 Å². The van der Waals surface area contributed by atoms with Gasteiger partial charge in [0.25, 0.3) is 0 Å². The van der Waals surface area contributed by atoms with Crippen molar-refractivity contribution in [1.82, 2.24) is 10.6 Å². The molecule has 0 aliphatic carbocycles. The maximum absolute atomic E-state index is 11.5. The number of carboxylic acid groups (broad SMARTS) is 1. The zero-order chi connectivity index (χ0) is 15.3. The molecule has 20 heavy (non-hydrogen) atoms. The lowest BCUT2D eigenvalue weighted by Gasteiger charge is -2.36. The molecular formula is C11H17N3O6. The van der Waals surface area contributed by atoms with Crippen molar-refractivity contribution in [3.05, 3.63) is 0 Å². The van der Waals surface area contributed by atoms with Gasteiger partial charge in [0.05, 0.1) is 6.04 Å². The van der Waals surface area contributed by atoms with Crippen molar-refractivity contribution in [3.63, 3.8) is 0 Å². The standard InChI is InChI=1S/C11H17N3O6/c1-11(2,3)20-10(18)14-8-6(13-9(8)17)5-19-12-4-7(15)16/h4,6,8H,5H2,1-3H3,(H,13,17)(H,14,18)(H,15,16). The molecule has 0 aromatic rings. The Balaban J connectivity index is 2.38. The zero-order valence-electron chi connectivity index (χ0n) is 11.4. The molecule has 0 aromatic carbocycles. The highest BCUT2D eigenvalue weighted by atomic mass is 16.6. The third-order valence-corrected chi connectivity index (χ3v) is 2.18. The average Bonchev–Trinajstić information content (AvgIpc) is 2.27. The van der Waals surface area contributed by atoms with E-state index in [1.54, 1.807) is 20.8 Å². The topological polar surface area (TPSA) is 126 Å². The van der Waals surface area contributed by atoms with E-state index in [2.05, 4.69) is 15.8 Å². The van der Waals surface area contributed by atoms with E-state index in [9.17, 15) is 14.4 Å². The number of β-lactam (4-membered cyclic amide) rings is 1. The van der Waals surface area contributed by atoms with E-state index in [0.717, 1.165) is 0 Å². The second-order valence-electron chi connectivity index (χ2n) is 5.11. The van der Waals surface area contributed by atoms with Gasteiger partial charge in [-0.3, -0.25) is 4.79 Å². The number of nitrogens with zero attached hydrogens (tertiary/aromatic N) is 1. The van der Waals surface area contributed by atoms with Crippen molar-refractivity contribution in [2.75, 3.05) is 6.61 Å². The second-order valence-corrected chi connectivity index (χ2v) is 5.11. The Kier molecular flexibility index (Phi) is 4.89. The van der Waals surface area contributed by atoms with E-state index < -0.39 is 29.7 Å². The minimum Gasteiger partial charge on any atom is -0.477 e. The molecule has 9 nitrogen and oxygen atoms in total. The highest BCUT2D eigenvalue weighted by molar-refractivity contribution is 6.21. The summed E-state index contributed by atoms with van der Waals surface area (Å²) in [5.74, 6) is -1.61. The largest absolute Gasteiger partial charge is 0.477 e. The number of hydrogen-bond acceptors (Lipinski definition) is 6. The highest BCUT2D eigenvalue weighted by Crippen LogP contribution is 2.10. The van der Waals surface area contributed by atoms with Crippen LogP contribution in [0.5, 0.6) is 0 Å². The van der Waals surface area contributed by atoms with E-state index >= 15 is 0 Å². The number of carbonyl (C=O) groups excluding carboxylic acids is 2. The van der Waals surface area contributed by atoms with E-state index in [-0.39, 0.29) is 12.5 Å². The lowest BCUT2D eigenvalue weighted by atomic mass is 10.0. The Labute approximate surface area is 115 Å². The second kappa shape index (κ2) is 6.22. The monoisotopic (exact) mass is 287 g/mol. The van der Waals surface area contributed by atoms with Crippen LogP contribution in [0.15, 0.2) is 5.16 Å². The first-order valence-corrected chi connectivity index (χ1v) is 5.87. The highest BCUT2D eigenvalue weighted by Gasteiger charge is 2.41. The Morgan fingerprint density at radius 3 is 2.65 bits per heavy atom. The first-order valence-electron chi connectivity index (χ1n) is 5.87. The SMILES string of the molecule is CC(C)(C)OC(=O)NC1C(=O)NC1CON=CC(=O)O. The minimum atomic E-state index is -1.24. The van der Waals surface area contributed by atoms with Gasteiger partial charge in [-0.2, -0.15) is 0 Å². The van der Waals surface area contributed by atoms with Crippen LogP contribution >= 0.6 is 0 Å². The molecule has 3 N–H and O–H groups in total. The third kappa shape index (κ3) is 5.12. The summed E-state index contributed by atoms with van der Waals surface area (Å²) in [6.45, 7) is 5.05. The first-order chi connectivity index (χ1) is 9.19. The van der Waals surface area contributed by atoms with Crippen LogP contribution in [-0.2, 0) is 19.2 Å². The van der Waals surface area contributed by atoms with Crippen LogP contribution in [0.3, 0.4) is 0 Å².